The van der Waals surface area contributed by atoms with Crippen molar-refractivity contribution in [3.05, 3.63) is 56.8 Å². The normalized spacial score (nSPS) is 12.9. The number of nitriles is 1. The number of aromatic nitrogens is 1. The minimum atomic E-state index is -0.432. The van der Waals surface area contributed by atoms with E-state index >= 15 is 0 Å². The Bertz CT molecular complexity index is 975. The third-order valence-corrected chi connectivity index (χ3v) is 4.59. The van der Waals surface area contributed by atoms with Crippen LogP contribution in [0.1, 0.15) is 28.8 Å². The van der Waals surface area contributed by atoms with Crippen molar-refractivity contribution in [3.8, 4) is 11.8 Å². The minimum Gasteiger partial charge on any atom is -0.490 e. The van der Waals surface area contributed by atoms with Crippen LogP contribution < -0.4 is 15.2 Å². The highest BCUT2D eigenvalue weighted by atomic mass is 19.1. The summed E-state index contributed by atoms with van der Waals surface area (Å²) in [5.41, 5.74) is 2.09. The summed E-state index contributed by atoms with van der Waals surface area (Å²) < 4.78 is 19.0. The lowest BCUT2D eigenvalue weighted by Gasteiger charge is -2.29. The number of pyridine rings is 1. The summed E-state index contributed by atoms with van der Waals surface area (Å²) in [6.45, 7) is 4.15. The number of ether oxygens (including phenoxy) is 1. The summed E-state index contributed by atoms with van der Waals surface area (Å²) in [7, 11) is 0. The maximum absolute atomic E-state index is 13.6. The molecule has 6 nitrogen and oxygen atoms in total. The molecule has 0 radical (unpaired) electrons. The van der Waals surface area contributed by atoms with Gasteiger partial charge in [-0.2, -0.15) is 5.26 Å². The SMILES string of the molecule is Cc1[nH]c(=O)c(C#N)c(C)c1CCC(=O)N1CCOc2ccc(F)cc21. The second-order valence-corrected chi connectivity index (χ2v) is 6.18. The number of H-pyrrole nitrogens is 1. The molecule has 2 aromatic rings. The Hall–Kier alpha value is -3.14. The summed E-state index contributed by atoms with van der Waals surface area (Å²) in [4.78, 5) is 28.7. The molecule has 1 aliphatic rings. The van der Waals surface area contributed by atoms with Crippen LogP contribution in [0.15, 0.2) is 23.0 Å². The highest BCUT2D eigenvalue weighted by molar-refractivity contribution is 5.95. The first-order valence-corrected chi connectivity index (χ1v) is 8.27. The van der Waals surface area contributed by atoms with Gasteiger partial charge in [0.15, 0.2) is 0 Å². The summed E-state index contributed by atoms with van der Waals surface area (Å²) in [6, 6.07) is 6.00. The van der Waals surface area contributed by atoms with Crippen molar-refractivity contribution in [2.24, 2.45) is 0 Å². The van der Waals surface area contributed by atoms with E-state index in [1.54, 1.807) is 13.8 Å². The molecule has 1 aromatic carbocycles. The summed E-state index contributed by atoms with van der Waals surface area (Å²) in [5.74, 6) is -0.115. The van der Waals surface area contributed by atoms with Gasteiger partial charge in [0.25, 0.3) is 5.56 Å². The monoisotopic (exact) mass is 355 g/mol. The van der Waals surface area contributed by atoms with Crippen LogP contribution in [0.2, 0.25) is 0 Å². The summed E-state index contributed by atoms with van der Waals surface area (Å²) >= 11 is 0. The van der Waals surface area contributed by atoms with Gasteiger partial charge in [0.1, 0.15) is 29.8 Å². The molecule has 0 aliphatic carbocycles. The molecule has 0 fully saturated rings. The van der Waals surface area contributed by atoms with Crippen LogP contribution in [0.4, 0.5) is 10.1 Å². The van der Waals surface area contributed by atoms with E-state index in [2.05, 4.69) is 4.98 Å². The molecule has 2 heterocycles. The molecular formula is C19H18FN3O3. The van der Waals surface area contributed by atoms with Crippen LogP contribution in [0, 0.1) is 31.0 Å². The minimum absolute atomic E-state index is 0.0665. The Morgan fingerprint density at radius 2 is 2.19 bits per heavy atom. The number of benzene rings is 1. The number of rotatable bonds is 3. The number of carbonyl (C=O) groups is 1. The third-order valence-electron chi connectivity index (χ3n) is 4.59. The van der Waals surface area contributed by atoms with Crippen LogP contribution in [-0.4, -0.2) is 24.0 Å². The molecule has 1 aliphatic heterocycles. The van der Waals surface area contributed by atoms with Gasteiger partial charge in [-0.25, -0.2) is 4.39 Å². The largest absolute Gasteiger partial charge is 0.490 e. The van der Waals surface area contributed by atoms with E-state index in [0.717, 1.165) is 5.56 Å². The smallest absolute Gasteiger partial charge is 0.266 e. The molecule has 134 valence electrons. The maximum atomic E-state index is 13.6. The maximum Gasteiger partial charge on any atom is 0.266 e. The van der Waals surface area contributed by atoms with E-state index in [-0.39, 0.29) is 17.9 Å². The topological polar surface area (TPSA) is 86.2 Å². The Kier molecular flexibility index (Phi) is 4.76. The molecule has 0 atom stereocenters. The Morgan fingerprint density at radius 1 is 1.42 bits per heavy atom. The van der Waals surface area contributed by atoms with Crippen molar-refractivity contribution in [1.82, 2.24) is 4.98 Å². The van der Waals surface area contributed by atoms with Crippen molar-refractivity contribution < 1.29 is 13.9 Å². The standard InChI is InChI=1S/C19H18FN3O3/c1-11-14(12(2)22-19(25)15(11)10-21)4-6-18(24)23-7-8-26-17-5-3-13(20)9-16(17)23/h3,5,9H,4,6-8H2,1-2H3,(H,22,25). The lowest BCUT2D eigenvalue weighted by atomic mass is 9.98. The lowest BCUT2D eigenvalue weighted by molar-refractivity contribution is -0.118. The molecule has 1 aromatic heterocycles. The van der Waals surface area contributed by atoms with Gasteiger partial charge in [0.2, 0.25) is 5.91 Å². The molecule has 1 N–H and O–H groups in total. The zero-order valence-corrected chi connectivity index (χ0v) is 14.6. The molecular weight excluding hydrogens is 337 g/mol. The van der Waals surface area contributed by atoms with Crippen LogP contribution in [-0.2, 0) is 11.2 Å². The molecule has 0 bridgehead atoms. The second kappa shape index (κ2) is 7.00. The second-order valence-electron chi connectivity index (χ2n) is 6.18. The highest BCUT2D eigenvalue weighted by Crippen LogP contribution is 2.32. The van der Waals surface area contributed by atoms with Crippen molar-refractivity contribution in [3.63, 3.8) is 0 Å². The average molecular weight is 355 g/mol. The van der Waals surface area contributed by atoms with E-state index in [1.807, 2.05) is 6.07 Å². The number of amides is 1. The number of anilines is 1. The molecule has 26 heavy (non-hydrogen) atoms. The molecule has 1 amide bonds. The van der Waals surface area contributed by atoms with Gasteiger partial charge in [0.05, 0.1) is 12.2 Å². The summed E-state index contributed by atoms with van der Waals surface area (Å²) in [5, 5.41) is 9.14. The van der Waals surface area contributed by atoms with Crippen LogP contribution >= 0.6 is 0 Å². The van der Waals surface area contributed by atoms with E-state index in [4.69, 9.17) is 10.00 Å². The third kappa shape index (κ3) is 3.18. The number of fused-ring (bicyclic) bond motifs is 1. The number of aromatic amines is 1. The zero-order valence-electron chi connectivity index (χ0n) is 14.6. The van der Waals surface area contributed by atoms with Crippen LogP contribution in [0.3, 0.4) is 0 Å². The van der Waals surface area contributed by atoms with Crippen molar-refractivity contribution >= 4 is 11.6 Å². The van der Waals surface area contributed by atoms with Gasteiger partial charge in [-0.1, -0.05) is 0 Å². The predicted molar refractivity (Wildman–Crippen MR) is 93.8 cm³/mol. The molecule has 0 unspecified atom stereocenters. The zero-order chi connectivity index (χ0) is 18.8. The average Bonchev–Trinajstić information content (AvgIpc) is 2.60. The molecule has 7 heteroatoms. The van der Waals surface area contributed by atoms with Gasteiger partial charge >= 0.3 is 0 Å². The van der Waals surface area contributed by atoms with E-state index in [1.165, 1.54) is 23.1 Å². The molecule has 0 saturated carbocycles. The fraction of sp³-hybridized carbons (Fsp3) is 0.316. The van der Waals surface area contributed by atoms with Crippen LogP contribution in [0.5, 0.6) is 5.75 Å². The highest BCUT2D eigenvalue weighted by Gasteiger charge is 2.24. The number of carbonyl (C=O) groups excluding carboxylic acids is 1. The summed E-state index contributed by atoms with van der Waals surface area (Å²) in [6.07, 6.45) is 0.554. The number of nitrogens with zero attached hydrogens (tertiary/aromatic N) is 2. The molecule has 0 spiro atoms. The first kappa shape index (κ1) is 17.7. The van der Waals surface area contributed by atoms with Gasteiger partial charge < -0.3 is 14.6 Å². The Morgan fingerprint density at radius 3 is 2.92 bits per heavy atom. The fourth-order valence-electron chi connectivity index (χ4n) is 3.24. The number of aryl methyl sites for hydroxylation is 1. The van der Waals surface area contributed by atoms with Gasteiger partial charge in [-0.05, 0) is 43.5 Å². The van der Waals surface area contributed by atoms with Crippen molar-refractivity contribution in [2.75, 3.05) is 18.1 Å². The number of hydrogen-bond donors (Lipinski definition) is 1. The van der Waals surface area contributed by atoms with Gasteiger partial charge in [-0.3, -0.25) is 9.59 Å². The van der Waals surface area contributed by atoms with Gasteiger partial charge in [-0.15, -0.1) is 0 Å². The van der Waals surface area contributed by atoms with Gasteiger partial charge in [0, 0.05) is 18.2 Å². The van der Waals surface area contributed by atoms with Crippen LogP contribution in [0.25, 0.3) is 0 Å². The number of halogens is 1. The quantitative estimate of drug-likeness (QED) is 0.916. The van der Waals surface area contributed by atoms with E-state index in [9.17, 15) is 14.0 Å². The Balaban J connectivity index is 1.83. The molecule has 0 saturated heterocycles. The first-order chi connectivity index (χ1) is 12.4. The van der Waals surface area contributed by atoms with Crippen molar-refractivity contribution in [1.29, 1.82) is 5.26 Å². The predicted octanol–water partition coefficient (Wildman–Crippen LogP) is 2.36. The lowest BCUT2D eigenvalue weighted by Crippen LogP contribution is -2.38. The first-order valence-electron chi connectivity index (χ1n) is 8.27. The van der Waals surface area contributed by atoms with Crippen molar-refractivity contribution in [2.45, 2.75) is 26.7 Å². The number of hydrogen-bond acceptors (Lipinski definition) is 4. The fourth-order valence-corrected chi connectivity index (χ4v) is 3.24. The molecule has 3 rings (SSSR count). The van der Waals surface area contributed by atoms with E-state index in [0.29, 0.717) is 42.3 Å². The van der Waals surface area contributed by atoms with E-state index < -0.39 is 11.4 Å². The number of nitrogens with one attached hydrogen (secondary N) is 1. The Labute approximate surface area is 149 Å².